The van der Waals surface area contributed by atoms with Gasteiger partial charge in [0.05, 0.1) is 39.7 Å². The molecule has 0 saturated heterocycles. The molecular weight excluding hydrogens is 608 g/mol. The maximum atomic E-state index is 13.0. The molecule has 1 amide bonds. The van der Waals surface area contributed by atoms with Crippen molar-refractivity contribution in [1.82, 2.24) is 5.43 Å². The molecule has 1 N–H and O–H groups in total. The Hall–Kier alpha value is -4.77. The maximum absolute atomic E-state index is 13.0. The van der Waals surface area contributed by atoms with E-state index in [2.05, 4.69) is 26.5 Å². The number of ether oxygens (including phenoxy) is 6. The minimum Gasteiger partial charge on any atom is -0.493 e. The van der Waals surface area contributed by atoms with E-state index < -0.39 is 11.9 Å². The second-order valence-electron chi connectivity index (χ2n) is 8.68. The van der Waals surface area contributed by atoms with Crippen LogP contribution in [0.1, 0.15) is 22.8 Å². The third-order valence-electron chi connectivity index (χ3n) is 5.92. The monoisotopic (exact) mass is 636 g/mol. The van der Waals surface area contributed by atoms with Crippen molar-refractivity contribution < 1.29 is 38.0 Å². The van der Waals surface area contributed by atoms with E-state index in [1.807, 2.05) is 30.3 Å². The van der Waals surface area contributed by atoms with Gasteiger partial charge in [-0.3, -0.25) is 4.79 Å². The summed E-state index contributed by atoms with van der Waals surface area (Å²) in [5.41, 5.74) is 3.23. The van der Waals surface area contributed by atoms with Gasteiger partial charge in [-0.25, -0.2) is 10.2 Å². The van der Waals surface area contributed by atoms with Gasteiger partial charge in [0.1, 0.15) is 5.75 Å². The van der Waals surface area contributed by atoms with Crippen LogP contribution in [0.2, 0.25) is 0 Å². The molecule has 11 heteroatoms. The normalized spacial score (nSPS) is 10.8. The number of hydrazone groups is 1. The van der Waals surface area contributed by atoms with Crippen molar-refractivity contribution in [2.75, 3.05) is 34.5 Å². The summed E-state index contributed by atoms with van der Waals surface area (Å²) in [7, 11) is 4.39. The average Bonchev–Trinajstić information content (AvgIpc) is 3.00. The number of halogens is 1. The molecule has 4 aromatic rings. The summed E-state index contributed by atoms with van der Waals surface area (Å²) in [5.74, 6) is 1.01. The quantitative estimate of drug-likeness (QED) is 0.0901. The molecule has 0 radical (unpaired) electrons. The van der Waals surface area contributed by atoms with Crippen molar-refractivity contribution in [2.24, 2.45) is 5.10 Å². The Balaban J connectivity index is 1.38. The summed E-state index contributed by atoms with van der Waals surface area (Å²) in [6, 6.07) is 19.4. The first-order chi connectivity index (χ1) is 20.3. The van der Waals surface area contributed by atoms with E-state index in [0.717, 1.165) is 15.2 Å². The molecule has 0 unspecified atom stereocenters. The molecule has 0 saturated carbocycles. The third-order valence-corrected chi connectivity index (χ3v) is 6.41. The predicted octanol–water partition coefficient (Wildman–Crippen LogP) is 5.78. The molecule has 4 rings (SSSR count). The Labute approximate surface area is 251 Å². The fraction of sp³-hybridized carbons (Fsp3) is 0.194. The number of amides is 1. The minimum absolute atomic E-state index is 0.194. The van der Waals surface area contributed by atoms with E-state index in [9.17, 15) is 9.59 Å². The zero-order valence-corrected chi connectivity index (χ0v) is 25.0. The number of carbonyl (C=O) groups is 2. The Morgan fingerprint density at radius 3 is 2.21 bits per heavy atom. The van der Waals surface area contributed by atoms with Gasteiger partial charge >= 0.3 is 5.97 Å². The first-order valence-corrected chi connectivity index (χ1v) is 13.6. The smallest absolute Gasteiger partial charge is 0.343 e. The molecule has 42 heavy (non-hydrogen) atoms. The Bertz CT molecular complexity index is 1600. The molecule has 0 heterocycles. The van der Waals surface area contributed by atoms with Gasteiger partial charge < -0.3 is 28.4 Å². The van der Waals surface area contributed by atoms with Gasteiger partial charge in [0, 0.05) is 4.47 Å². The molecule has 0 spiro atoms. The first-order valence-electron chi connectivity index (χ1n) is 12.8. The molecule has 218 valence electrons. The molecule has 10 nitrogen and oxygen atoms in total. The fourth-order valence-corrected chi connectivity index (χ4v) is 4.34. The second kappa shape index (κ2) is 14.2. The molecule has 0 bridgehead atoms. The van der Waals surface area contributed by atoms with Crippen molar-refractivity contribution in [3.05, 3.63) is 82.3 Å². The molecule has 0 atom stereocenters. The van der Waals surface area contributed by atoms with Crippen LogP contribution in [0, 0.1) is 0 Å². The highest BCUT2D eigenvalue weighted by Crippen LogP contribution is 2.39. The Kier molecular flexibility index (Phi) is 10.2. The number of rotatable bonds is 12. The van der Waals surface area contributed by atoms with Crippen LogP contribution in [0.4, 0.5) is 0 Å². The number of nitrogens with one attached hydrogen (secondary N) is 1. The number of benzene rings is 4. The lowest BCUT2D eigenvalue weighted by Gasteiger charge is -2.15. The van der Waals surface area contributed by atoms with E-state index >= 15 is 0 Å². The number of hydrogen-bond acceptors (Lipinski definition) is 9. The number of nitrogens with zero attached hydrogens (tertiary/aromatic N) is 1. The van der Waals surface area contributed by atoms with Gasteiger partial charge in [0.2, 0.25) is 5.75 Å². The van der Waals surface area contributed by atoms with Crippen molar-refractivity contribution in [3.63, 3.8) is 0 Å². The van der Waals surface area contributed by atoms with Crippen LogP contribution in [-0.4, -0.2) is 52.6 Å². The SMILES string of the molecule is CCOc1cc(/C=N\NC(=O)COc2ccc3cc(Br)ccc3c2)ccc1OC(=O)c1cc(OC)c(OC)c(OC)c1. The lowest BCUT2D eigenvalue weighted by molar-refractivity contribution is -0.123. The molecule has 0 aromatic heterocycles. The summed E-state index contributed by atoms with van der Waals surface area (Å²) < 4.78 is 33.8. The summed E-state index contributed by atoms with van der Waals surface area (Å²) in [6.07, 6.45) is 1.44. The van der Waals surface area contributed by atoms with Crippen LogP contribution in [0.25, 0.3) is 10.8 Å². The number of hydrogen-bond donors (Lipinski definition) is 1. The highest BCUT2D eigenvalue weighted by Gasteiger charge is 2.20. The van der Waals surface area contributed by atoms with E-state index in [1.54, 1.807) is 31.2 Å². The molecular formula is C31H29BrN2O8. The number of fused-ring (bicyclic) bond motifs is 1. The van der Waals surface area contributed by atoms with Gasteiger partial charge in [-0.05, 0) is 77.9 Å². The Morgan fingerprint density at radius 1 is 0.810 bits per heavy atom. The molecule has 4 aromatic carbocycles. The van der Waals surface area contributed by atoms with Crippen LogP contribution in [-0.2, 0) is 4.79 Å². The van der Waals surface area contributed by atoms with Crippen LogP contribution in [0.3, 0.4) is 0 Å². The lowest BCUT2D eigenvalue weighted by atomic mass is 10.1. The van der Waals surface area contributed by atoms with Crippen LogP contribution >= 0.6 is 15.9 Å². The minimum atomic E-state index is -0.650. The van der Waals surface area contributed by atoms with E-state index in [-0.39, 0.29) is 17.9 Å². The Morgan fingerprint density at radius 2 is 1.52 bits per heavy atom. The van der Waals surface area contributed by atoms with Crippen LogP contribution < -0.4 is 33.8 Å². The third kappa shape index (κ3) is 7.49. The summed E-state index contributed by atoms with van der Waals surface area (Å²) >= 11 is 3.45. The van der Waals surface area contributed by atoms with Crippen LogP contribution in [0.5, 0.6) is 34.5 Å². The van der Waals surface area contributed by atoms with Crippen molar-refractivity contribution in [3.8, 4) is 34.5 Å². The zero-order valence-electron chi connectivity index (χ0n) is 23.4. The summed E-state index contributed by atoms with van der Waals surface area (Å²) in [6.45, 7) is 1.93. The van der Waals surface area contributed by atoms with E-state index in [1.165, 1.54) is 39.7 Å². The molecule has 0 aliphatic rings. The zero-order chi connectivity index (χ0) is 30.1. The summed E-state index contributed by atoms with van der Waals surface area (Å²) in [5, 5.41) is 6.05. The van der Waals surface area contributed by atoms with Crippen LogP contribution in [0.15, 0.2) is 76.3 Å². The molecule has 0 aliphatic carbocycles. The van der Waals surface area contributed by atoms with E-state index in [0.29, 0.717) is 40.9 Å². The van der Waals surface area contributed by atoms with Gasteiger partial charge in [0.25, 0.3) is 5.91 Å². The fourth-order valence-electron chi connectivity index (χ4n) is 3.96. The van der Waals surface area contributed by atoms with Gasteiger partial charge in [-0.1, -0.05) is 28.1 Å². The van der Waals surface area contributed by atoms with Crippen molar-refractivity contribution in [1.29, 1.82) is 0 Å². The number of carbonyl (C=O) groups excluding carboxylic acids is 2. The highest BCUT2D eigenvalue weighted by atomic mass is 79.9. The number of methoxy groups -OCH3 is 3. The van der Waals surface area contributed by atoms with Crippen molar-refractivity contribution >= 4 is 44.8 Å². The lowest BCUT2D eigenvalue weighted by Crippen LogP contribution is -2.24. The number of esters is 1. The predicted molar refractivity (Wildman–Crippen MR) is 162 cm³/mol. The van der Waals surface area contributed by atoms with Gasteiger partial charge in [-0.15, -0.1) is 0 Å². The highest BCUT2D eigenvalue weighted by molar-refractivity contribution is 9.10. The average molecular weight is 637 g/mol. The second-order valence-corrected chi connectivity index (χ2v) is 9.59. The van der Waals surface area contributed by atoms with Crippen molar-refractivity contribution in [2.45, 2.75) is 6.92 Å². The molecule has 0 fully saturated rings. The van der Waals surface area contributed by atoms with Gasteiger partial charge in [-0.2, -0.15) is 5.10 Å². The first kappa shape index (κ1) is 30.2. The summed E-state index contributed by atoms with van der Waals surface area (Å²) in [4.78, 5) is 25.2. The molecule has 0 aliphatic heterocycles. The topological polar surface area (TPSA) is 114 Å². The maximum Gasteiger partial charge on any atom is 0.343 e. The standard InChI is InChI=1S/C31H29BrN2O8/c1-5-40-26-12-19(6-11-25(26)42-31(36)22-15-27(37-2)30(39-4)28(16-22)38-3)17-33-34-29(35)18-41-24-10-8-20-13-23(32)9-7-21(20)14-24/h6-17H,5,18H2,1-4H3,(H,34,35)/b33-17-. The van der Waals surface area contributed by atoms with Gasteiger partial charge in [0.15, 0.2) is 29.6 Å². The van der Waals surface area contributed by atoms with E-state index in [4.69, 9.17) is 28.4 Å². The largest absolute Gasteiger partial charge is 0.493 e.